The molecule has 1 N–H and O–H groups in total. The molecule has 0 atom stereocenters. The number of rotatable bonds is 2. The van der Waals surface area contributed by atoms with E-state index in [1.807, 2.05) is 20.8 Å². The maximum Gasteiger partial charge on any atom is 0.414 e. The van der Waals surface area contributed by atoms with Gasteiger partial charge >= 0.3 is 12.1 Å². The molecule has 0 radical (unpaired) electrons. The number of nitrogens with one attached hydrogen (secondary N) is 1. The van der Waals surface area contributed by atoms with E-state index in [1.165, 1.54) is 7.11 Å². The first-order chi connectivity index (χ1) is 12.3. The van der Waals surface area contributed by atoms with Crippen LogP contribution in [0.3, 0.4) is 0 Å². The Hall–Kier alpha value is -2.83. The van der Waals surface area contributed by atoms with Gasteiger partial charge in [-0.2, -0.15) is 5.10 Å². The zero-order valence-electron chi connectivity index (χ0n) is 15.5. The van der Waals surface area contributed by atoms with Crippen molar-refractivity contribution in [3.05, 3.63) is 35.5 Å². The molecule has 1 aromatic heterocycles. The molecular formula is C19H23N3O4. The molecule has 1 aliphatic heterocycles. The number of anilines is 1. The number of aromatic nitrogens is 2. The summed E-state index contributed by atoms with van der Waals surface area (Å²) in [6.45, 7) is 6.11. The first kappa shape index (κ1) is 18.0. The molecule has 0 unspecified atom stereocenters. The van der Waals surface area contributed by atoms with E-state index < -0.39 is 11.6 Å². The molecule has 7 nitrogen and oxygen atoms in total. The third-order valence-corrected chi connectivity index (χ3v) is 4.08. The van der Waals surface area contributed by atoms with Crippen molar-refractivity contribution in [1.29, 1.82) is 0 Å². The summed E-state index contributed by atoms with van der Waals surface area (Å²) in [7, 11) is 1.35. The number of methoxy groups -OCH3 is 1. The van der Waals surface area contributed by atoms with Gasteiger partial charge in [-0.1, -0.05) is 12.1 Å². The zero-order chi connectivity index (χ0) is 18.9. The van der Waals surface area contributed by atoms with Crippen LogP contribution in [0.4, 0.5) is 10.5 Å². The van der Waals surface area contributed by atoms with Crippen molar-refractivity contribution in [3.8, 4) is 11.3 Å². The zero-order valence-corrected chi connectivity index (χ0v) is 15.5. The number of hydrogen-bond donors (Lipinski definition) is 1. The third kappa shape index (κ3) is 3.56. The summed E-state index contributed by atoms with van der Waals surface area (Å²) in [5, 5.41) is 7.43. The molecule has 2 heterocycles. The van der Waals surface area contributed by atoms with Gasteiger partial charge in [-0.25, -0.2) is 9.59 Å². The van der Waals surface area contributed by atoms with E-state index >= 15 is 0 Å². The Labute approximate surface area is 152 Å². The molecule has 1 amide bonds. The molecule has 0 saturated heterocycles. The summed E-state index contributed by atoms with van der Waals surface area (Å²) in [6, 6.07) is 6.96. The van der Waals surface area contributed by atoms with Crippen LogP contribution in [0, 0.1) is 0 Å². The van der Waals surface area contributed by atoms with Crippen LogP contribution in [0.2, 0.25) is 0 Å². The number of benzene rings is 1. The fourth-order valence-corrected chi connectivity index (χ4v) is 2.95. The summed E-state index contributed by atoms with van der Waals surface area (Å²) in [6.07, 6.45) is 1.28. The normalized spacial score (nSPS) is 13.9. The monoisotopic (exact) mass is 357 g/mol. The Kier molecular flexibility index (Phi) is 4.71. The standard InChI is InChI=1S/C19H23N3O4/c1-19(2,3)26-18(24)22-11-5-6-14-16(22)15(21-20-14)12-7-9-13(10-8-12)17(23)25-4/h7-10H,5-6,11H2,1-4H3,(H,20,21). The van der Waals surface area contributed by atoms with Crippen molar-refractivity contribution in [2.45, 2.75) is 39.2 Å². The van der Waals surface area contributed by atoms with Crippen LogP contribution in [-0.2, 0) is 15.9 Å². The first-order valence-corrected chi connectivity index (χ1v) is 8.56. The van der Waals surface area contributed by atoms with Gasteiger partial charge in [-0.05, 0) is 45.7 Å². The largest absolute Gasteiger partial charge is 0.465 e. The predicted octanol–water partition coefficient (Wildman–Crippen LogP) is 3.55. The Morgan fingerprint density at radius 2 is 1.88 bits per heavy atom. The lowest BCUT2D eigenvalue weighted by molar-refractivity contribution is 0.0574. The predicted molar refractivity (Wildman–Crippen MR) is 97.3 cm³/mol. The van der Waals surface area contributed by atoms with Crippen LogP contribution < -0.4 is 4.90 Å². The summed E-state index contributed by atoms with van der Waals surface area (Å²) >= 11 is 0. The van der Waals surface area contributed by atoms with Crippen molar-refractivity contribution >= 4 is 17.7 Å². The Balaban J connectivity index is 1.95. The molecule has 0 aliphatic carbocycles. The summed E-state index contributed by atoms with van der Waals surface area (Å²) < 4.78 is 10.3. The highest BCUT2D eigenvalue weighted by atomic mass is 16.6. The molecule has 2 aromatic rings. The average molecular weight is 357 g/mol. The number of esters is 1. The van der Waals surface area contributed by atoms with Crippen molar-refractivity contribution < 1.29 is 19.1 Å². The molecule has 1 aromatic carbocycles. The van der Waals surface area contributed by atoms with Crippen LogP contribution in [0.25, 0.3) is 11.3 Å². The van der Waals surface area contributed by atoms with Crippen molar-refractivity contribution in [2.75, 3.05) is 18.6 Å². The minimum Gasteiger partial charge on any atom is -0.465 e. The Bertz CT molecular complexity index is 818. The quantitative estimate of drug-likeness (QED) is 0.831. The maximum atomic E-state index is 12.6. The van der Waals surface area contributed by atoms with Gasteiger partial charge in [-0.15, -0.1) is 0 Å². The summed E-state index contributed by atoms with van der Waals surface area (Å²) in [5.74, 6) is -0.393. The maximum absolute atomic E-state index is 12.6. The van der Waals surface area contributed by atoms with Gasteiger partial charge in [0.2, 0.25) is 0 Å². The SMILES string of the molecule is COC(=O)c1ccc(-c2n[nH]c3c2N(C(=O)OC(C)(C)C)CCC3)cc1. The number of aromatic amines is 1. The van der Waals surface area contributed by atoms with E-state index in [0.29, 0.717) is 17.8 Å². The number of H-pyrrole nitrogens is 1. The summed E-state index contributed by atoms with van der Waals surface area (Å²) in [4.78, 5) is 25.9. The highest BCUT2D eigenvalue weighted by Crippen LogP contribution is 2.36. The van der Waals surface area contributed by atoms with Crippen LogP contribution in [0.15, 0.2) is 24.3 Å². The van der Waals surface area contributed by atoms with Crippen LogP contribution in [0.1, 0.15) is 43.2 Å². The fourth-order valence-electron chi connectivity index (χ4n) is 2.95. The second-order valence-corrected chi connectivity index (χ2v) is 7.20. The van der Waals surface area contributed by atoms with Crippen LogP contribution >= 0.6 is 0 Å². The average Bonchev–Trinajstić information content (AvgIpc) is 3.03. The second-order valence-electron chi connectivity index (χ2n) is 7.20. The minimum atomic E-state index is -0.569. The molecule has 26 heavy (non-hydrogen) atoms. The van der Waals surface area contributed by atoms with E-state index in [2.05, 4.69) is 10.2 Å². The highest BCUT2D eigenvalue weighted by Gasteiger charge is 2.31. The molecule has 0 saturated carbocycles. The van der Waals surface area contributed by atoms with E-state index in [9.17, 15) is 9.59 Å². The topological polar surface area (TPSA) is 84.5 Å². The Morgan fingerprint density at radius 1 is 1.19 bits per heavy atom. The van der Waals surface area contributed by atoms with Gasteiger partial charge in [0.05, 0.1) is 24.1 Å². The van der Waals surface area contributed by atoms with Crippen molar-refractivity contribution in [1.82, 2.24) is 10.2 Å². The van der Waals surface area contributed by atoms with Crippen LogP contribution in [-0.4, -0.2) is 41.5 Å². The molecule has 3 rings (SSSR count). The van der Waals surface area contributed by atoms with Crippen molar-refractivity contribution in [2.24, 2.45) is 0 Å². The molecule has 0 spiro atoms. The number of ether oxygens (including phenoxy) is 2. The number of fused-ring (bicyclic) bond motifs is 1. The van der Waals surface area contributed by atoms with Gasteiger partial charge in [0.25, 0.3) is 0 Å². The number of carbonyl (C=O) groups is 2. The lowest BCUT2D eigenvalue weighted by Gasteiger charge is -2.30. The minimum absolute atomic E-state index is 0.382. The number of amides is 1. The first-order valence-electron chi connectivity index (χ1n) is 8.56. The molecule has 138 valence electrons. The number of nitrogens with zero attached hydrogens (tertiary/aromatic N) is 2. The van der Waals surface area contributed by atoms with E-state index in [4.69, 9.17) is 9.47 Å². The van der Waals surface area contributed by atoms with Gasteiger partial charge in [0, 0.05) is 12.1 Å². The molecular weight excluding hydrogens is 334 g/mol. The fraction of sp³-hybridized carbons (Fsp3) is 0.421. The molecule has 0 bridgehead atoms. The molecule has 7 heteroatoms. The third-order valence-electron chi connectivity index (χ3n) is 4.08. The van der Waals surface area contributed by atoms with E-state index in [-0.39, 0.29) is 6.09 Å². The number of hydrogen-bond acceptors (Lipinski definition) is 5. The van der Waals surface area contributed by atoms with E-state index in [1.54, 1.807) is 29.2 Å². The number of carbonyl (C=O) groups excluding carboxylic acids is 2. The number of aryl methyl sites for hydroxylation is 1. The van der Waals surface area contributed by atoms with Crippen molar-refractivity contribution in [3.63, 3.8) is 0 Å². The lowest BCUT2D eigenvalue weighted by atomic mass is 10.0. The Morgan fingerprint density at radius 3 is 2.50 bits per heavy atom. The second kappa shape index (κ2) is 6.82. The highest BCUT2D eigenvalue weighted by molar-refractivity contribution is 5.95. The van der Waals surface area contributed by atoms with Gasteiger partial charge in [-0.3, -0.25) is 10.00 Å². The van der Waals surface area contributed by atoms with Gasteiger partial charge < -0.3 is 9.47 Å². The molecule has 1 aliphatic rings. The van der Waals surface area contributed by atoms with Gasteiger partial charge in [0.1, 0.15) is 11.3 Å². The van der Waals surface area contributed by atoms with E-state index in [0.717, 1.165) is 29.8 Å². The van der Waals surface area contributed by atoms with Crippen LogP contribution in [0.5, 0.6) is 0 Å². The summed E-state index contributed by atoms with van der Waals surface area (Å²) in [5.41, 5.74) is 3.03. The smallest absolute Gasteiger partial charge is 0.414 e. The lowest BCUT2D eigenvalue weighted by Crippen LogP contribution is -2.39. The van der Waals surface area contributed by atoms with Gasteiger partial charge in [0.15, 0.2) is 0 Å². The molecule has 0 fully saturated rings.